The van der Waals surface area contributed by atoms with Crippen LogP contribution in [0.5, 0.6) is 0 Å². The Balaban J connectivity index is 1.23. The number of hydrogen-bond donors (Lipinski definition) is 0. The average Bonchev–Trinajstić information content (AvgIpc) is 3.59. The van der Waals surface area contributed by atoms with Crippen molar-refractivity contribution in [3.63, 3.8) is 0 Å². The molecule has 4 fully saturated rings. The molecule has 8 heteroatoms. The molecule has 5 rings (SSSR count). The van der Waals surface area contributed by atoms with Gasteiger partial charge in [-0.15, -0.1) is 0 Å². The van der Waals surface area contributed by atoms with Gasteiger partial charge in [-0.1, -0.05) is 6.07 Å². The summed E-state index contributed by atoms with van der Waals surface area (Å²) in [5.41, 5.74) is 0.697. The predicted octanol–water partition coefficient (Wildman–Crippen LogP) is 4.54. The van der Waals surface area contributed by atoms with Gasteiger partial charge in [0.1, 0.15) is 11.4 Å². The fourth-order valence-electron chi connectivity index (χ4n) is 6.90. The highest BCUT2D eigenvalue weighted by atomic mass is 19.1. The Kier molecular flexibility index (Phi) is 7.19. The highest BCUT2D eigenvalue weighted by Gasteiger charge is 2.52. The van der Waals surface area contributed by atoms with Crippen LogP contribution >= 0.6 is 0 Å². The van der Waals surface area contributed by atoms with E-state index in [1.807, 2.05) is 26.8 Å². The van der Waals surface area contributed by atoms with E-state index >= 15 is 4.39 Å². The summed E-state index contributed by atoms with van der Waals surface area (Å²) in [5.74, 6) is -0.972. The second kappa shape index (κ2) is 10.2. The first-order chi connectivity index (χ1) is 17.6. The van der Waals surface area contributed by atoms with Crippen molar-refractivity contribution in [2.24, 2.45) is 11.8 Å². The van der Waals surface area contributed by atoms with Crippen LogP contribution in [0.25, 0.3) is 0 Å². The number of nitrogens with zero attached hydrogens (tertiary/aromatic N) is 4. The molecular formula is C29H39FN4O3. The average molecular weight is 511 g/mol. The molecule has 7 nitrogen and oxygen atoms in total. The third-order valence-electron chi connectivity index (χ3n) is 8.60. The molecule has 37 heavy (non-hydrogen) atoms. The van der Waals surface area contributed by atoms with Gasteiger partial charge in [0.2, 0.25) is 0 Å². The maximum atomic E-state index is 15.2. The lowest BCUT2D eigenvalue weighted by molar-refractivity contribution is -0.126. The van der Waals surface area contributed by atoms with Crippen LogP contribution < -0.4 is 4.90 Å². The highest BCUT2D eigenvalue weighted by Crippen LogP contribution is 2.44. The number of benzene rings is 1. The molecule has 3 heterocycles. The van der Waals surface area contributed by atoms with Crippen LogP contribution in [0.4, 0.5) is 14.9 Å². The summed E-state index contributed by atoms with van der Waals surface area (Å²) in [6.45, 7) is 9.44. The second-order valence-electron chi connectivity index (χ2n) is 12.3. The molecule has 1 amide bonds. The van der Waals surface area contributed by atoms with Crippen molar-refractivity contribution >= 4 is 17.6 Å². The number of ketones is 1. The zero-order valence-corrected chi connectivity index (χ0v) is 22.3. The van der Waals surface area contributed by atoms with E-state index in [4.69, 9.17) is 4.74 Å². The van der Waals surface area contributed by atoms with Gasteiger partial charge in [0.15, 0.2) is 5.78 Å². The van der Waals surface area contributed by atoms with E-state index < -0.39 is 23.7 Å². The number of nitriles is 1. The maximum absolute atomic E-state index is 15.2. The van der Waals surface area contributed by atoms with E-state index in [0.717, 1.165) is 51.1 Å². The number of hydrogen-bond acceptors (Lipinski definition) is 6. The van der Waals surface area contributed by atoms with Crippen LogP contribution in [0.15, 0.2) is 18.2 Å². The normalized spacial score (nSPS) is 28.2. The Morgan fingerprint density at radius 1 is 1.16 bits per heavy atom. The first kappa shape index (κ1) is 26.0. The summed E-state index contributed by atoms with van der Waals surface area (Å²) in [6, 6.07) is 7.54. The van der Waals surface area contributed by atoms with Gasteiger partial charge < -0.3 is 9.64 Å². The number of likely N-dealkylation sites (tertiary alicyclic amines) is 1. The molecule has 0 unspecified atom stereocenters. The van der Waals surface area contributed by atoms with E-state index in [0.29, 0.717) is 11.6 Å². The Labute approximate surface area is 219 Å². The van der Waals surface area contributed by atoms with Gasteiger partial charge in [0.05, 0.1) is 18.0 Å². The summed E-state index contributed by atoms with van der Waals surface area (Å²) >= 11 is 0. The number of rotatable bonds is 6. The standard InChI is InChI=1S/C29H39FN4O3/c1-29(2,3)37-28(36)34-23-9-7-21(15-23)27(34)26(35)14-19(17-31)13-20-6-8-22(16-25(20)30)33-12-11-32-10-4-5-24(32)18-33/h6,8,16,19,21,23-24,27H,4-5,7,9-15,18H2,1-3H3/t19-,21+,23-,24+,27+/m1/s1. The number of piperidine rings is 1. The molecule has 2 bridgehead atoms. The van der Waals surface area contributed by atoms with Crippen LogP contribution in [0.2, 0.25) is 0 Å². The third-order valence-corrected chi connectivity index (χ3v) is 8.60. The van der Waals surface area contributed by atoms with Gasteiger partial charge in [0.25, 0.3) is 0 Å². The molecule has 1 aromatic carbocycles. The molecule has 3 aliphatic heterocycles. The molecule has 200 valence electrons. The van der Waals surface area contributed by atoms with Crippen LogP contribution in [-0.4, -0.2) is 71.6 Å². The molecule has 4 aliphatic rings. The van der Waals surface area contributed by atoms with E-state index in [9.17, 15) is 14.9 Å². The zero-order chi connectivity index (χ0) is 26.3. The monoisotopic (exact) mass is 510 g/mol. The Bertz CT molecular complexity index is 1080. The summed E-state index contributed by atoms with van der Waals surface area (Å²) in [6.07, 6.45) is 4.75. The lowest BCUT2D eigenvalue weighted by Gasteiger charge is -2.39. The van der Waals surface area contributed by atoms with Crippen LogP contribution in [0, 0.1) is 29.0 Å². The van der Waals surface area contributed by atoms with Crippen molar-refractivity contribution in [3.05, 3.63) is 29.6 Å². The lowest BCUT2D eigenvalue weighted by atomic mass is 9.88. The molecule has 0 N–H and O–H groups in total. The van der Waals surface area contributed by atoms with Crippen molar-refractivity contribution in [2.45, 2.75) is 89.4 Å². The fourth-order valence-corrected chi connectivity index (χ4v) is 6.90. The summed E-state index contributed by atoms with van der Waals surface area (Å²) < 4.78 is 20.8. The van der Waals surface area contributed by atoms with Gasteiger partial charge in [-0.05, 0) is 89.5 Å². The quantitative estimate of drug-likeness (QED) is 0.559. The summed E-state index contributed by atoms with van der Waals surface area (Å²) in [5, 5.41) is 9.83. The van der Waals surface area contributed by atoms with Crippen molar-refractivity contribution in [3.8, 4) is 6.07 Å². The molecule has 0 radical (unpaired) electrons. The van der Waals surface area contributed by atoms with Gasteiger partial charge in [0, 0.05) is 43.8 Å². The number of amides is 1. The number of anilines is 1. The third kappa shape index (κ3) is 5.47. The minimum Gasteiger partial charge on any atom is -0.444 e. The van der Waals surface area contributed by atoms with Gasteiger partial charge in [-0.25, -0.2) is 9.18 Å². The summed E-state index contributed by atoms with van der Waals surface area (Å²) in [4.78, 5) is 32.7. The van der Waals surface area contributed by atoms with Crippen LogP contribution in [-0.2, 0) is 16.0 Å². The first-order valence-electron chi connectivity index (χ1n) is 13.8. The molecule has 3 saturated heterocycles. The number of fused-ring (bicyclic) bond motifs is 3. The molecule has 1 aromatic rings. The zero-order valence-electron chi connectivity index (χ0n) is 22.3. The molecule has 0 aromatic heterocycles. The van der Waals surface area contributed by atoms with Gasteiger partial charge >= 0.3 is 6.09 Å². The minimum atomic E-state index is -0.644. The largest absolute Gasteiger partial charge is 0.444 e. The van der Waals surface area contributed by atoms with E-state index in [1.165, 1.54) is 12.8 Å². The number of carbonyl (C=O) groups excluding carboxylic acids is 2. The topological polar surface area (TPSA) is 76.9 Å². The van der Waals surface area contributed by atoms with E-state index in [1.54, 1.807) is 17.0 Å². The number of halogens is 1. The Hall–Kier alpha value is -2.66. The Morgan fingerprint density at radius 2 is 1.97 bits per heavy atom. The van der Waals surface area contributed by atoms with Crippen molar-refractivity contribution < 1.29 is 18.7 Å². The molecular weight excluding hydrogens is 471 g/mol. The van der Waals surface area contributed by atoms with Crippen LogP contribution in [0.3, 0.4) is 0 Å². The van der Waals surface area contributed by atoms with Crippen molar-refractivity contribution in [1.82, 2.24) is 9.80 Å². The fraction of sp³-hybridized carbons (Fsp3) is 0.690. The molecule has 0 spiro atoms. The van der Waals surface area contributed by atoms with E-state index in [2.05, 4.69) is 15.9 Å². The minimum absolute atomic E-state index is 0.00845. The second-order valence-corrected chi connectivity index (χ2v) is 12.3. The summed E-state index contributed by atoms with van der Waals surface area (Å²) in [7, 11) is 0. The number of carbonyl (C=O) groups is 2. The van der Waals surface area contributed by atoms with Crippen molar-refractivity contribution in [1.29, 1.82) is 5.26 Å². The molecule has 5 atom stereocenters. The number of ether oxygens (including phenoxy) is 1. The lowest BCUT2D eigenvalue weighted by Crippen LogP contribution is -2.51. The number of Topliss-reactive ketones (excluding diaryl/α,β-unsaturated/α-hetero) is 1. The van der Waals surface area contributed by atoms with Gasteiger partial charge in [-0.2, -0.15) is 5.26 Å². The smallest absolute Gasteiger partial charge is 0.411 e. The molecule has 1 saturated carbocycles. The highest BCUT2D eigenvalue weighted by molar-refractivity contribution is 5.89. The Morgan fingerprint density at radius 3 is 2.70 bits per heavy atom. The SMILES string of the molecule is CC(C)(C)OC(=O)N1[C@@H]2CC[C@@H](C2)[C@H]1C(=O)C[C@H](C#N)Cc1ccc(N2CCN3CCC[C@H]3C2)cc1F. The molecule has 1 aliphatic carbocycles. The maximum Gasteiger partial charge on any atom is 0.411 e. The number of piperazine rings is 1. The first-order valence-corrected chi connectivity index (χ1v) is 13.8. The predicted molar refractivity (Wildman–Crippen MR) is 139 cm³/mol. The van der Waals surface area contributed by atoms with Crippen LogP contribution in [0.1, 0.15) is 64.9 Å². The van der Waals surface area contributed by atoms with Gasteiger partial charge in [-0.3, -0.25) is 14.6 Å². The van der Waals surface area contributed by atoms with E-state index in [-0.39, 0.29) is 36.4 Å². The van der Waals surface area contributed by atoms with Crippen molar-refractivity contribution in [2.75, 3.05) is 31.1 Å².